The van der Waals surface area contributed by atoms with E-state index >= 15 is 0 Å². The molecule has 0 N–H and O–H groups in total. The molecule has 0 heterocycles. The first-order chi connectivity index (χ1) is 9.76. The lowest BCUT2D eigenvalue weighted by atomic mass is 9.84. The zero-order valence-electron chi connectivity index (χ0n) is 17.4. The summed E-state index contributed by atoms with van der Waals surface area (Å²) in [6, 6.07) is 0. The van der Waals surface area contributed by atoms with Crippen LogP contribution >= 0.6 is 0 Å². The van der Waals surface area contributed by atoms with Crippen molar-refractivity contribution in [2.45, 2.75) is 122 Å². The summed E-state index contributed by atoms with van der Waals surface area (Å²) in [7, 11) is 0. The summed E-state index contributed by atoms with van der Waals surface area (Å²) in [5.74, 6) is 1.94. The Morgan fingerprint density at radius 3 is 1.25 bits per heavy atom. The SMILES string of the molecule is CC.CC.CC.CC.CCCCC(C)C(CC)CCC. The smallest absolute Gasteiger partial charge is 0.0391 e. The second-order valence-electron chi connectivity index (χ2n) is 4.08. The fraction of sp³-hybridized carbons (Fsp3) is 1.00. The van der Waals surface area contributed by atoms with Crippen LogP contribution < -0.4 is 0 Å². The van der Waals surface area contributed by atoms with Crippen molar-refractivity contribution in [2.24, 2.45) is 11.8 Å². The third kappa shape index (κ3) is 30.8. The predicted octanol–water partition coefficient (Wildman–Crippen LogP) is 8.74. The summed E-state index contributed by atoms with van der Waals surface area (Å²) < 4.78 is 0. The lowest BCUT2D eigenvalue weighted by molar-refractivity contribution is 0.300. The van der Waals surface area contributed by atoms with E-state index in [0.29, 0.717) is 0 Å². The van der Waals surface area contributed by atoms with Gasteiger partial charge in [-0.1, -0.05) is 122 Å². The van der Waals surface area contributed by atoms with Gasteiger partial charge in [0.15, 0.2) is 0 Å². The molecule has 0 saturated heterocycles. The molecule has 0 aliphatic rings. The van der Waals surface area contributed by atoms with Gasteiger partial charge in [0.2, 0.25) is 0 Å². The van der Waals surface area contributed by atoms with Gasteiger partial charge in [-0.2, -0.15) is 0 Å². The van der Waals surface area contributed by atoms with Crippen molar-refractivity contribution in [3.63, 3.8) is 0 Å². The van der Waals surface area contributed by atoms with E-state index in [4.69, 9.17) is 0 Å². The molecule has 2 unspecified atom stereocenters. The molecule has 0 aromatic heterocycles. The molecule has 0 bridgehead atoms. The maximum atomic E-state index is 2.43. The van der Waals surface area contributed by atoms with Gasteiger partial charge in [-0.15, -0.1) is 0 Å². The number of hydrogen-bond donors (Lipinski definition) is 0. The highest BCUT2D eigenvalue weighted by Gasteiger charge is 2.13. The minimum Gasteiger partial charge on any atom is -0.0683 e. The summed E-state index contributed by atoms with van der Waals surface area (Å²) in [5, 5.41) is 0. The van der Waals surface area contributed by atoms with Gasteiger partial charge in [-0.3, -0.25) is 0 Å². The van der Waals surface area contributed by atoms with Crippen LogP contribution in [0, 0.1) is 11.8 Å². The second kappa shape index (κ2) is 42.8. The molecule has 0 rings (SSSR count). The Morgan fingerprint density at radius 2 is 1.00 bits per heavy atom. The van der Waals surface area contributed by atoms with Gasteiger partial charge in [0.1, 0.15) is 0 Å². The van der Waals surface area contributed by atoms with Crippen LogP contribution in [-0.2, 0) is 0 Å². The molecular formula is C20H50. The molecule has 0 aromatic carbocycles. The molecule has 0 aromatic rings. The van der Waals surface area contributed by atoms with E-state index < -0.39 is 0 Å². The van der Waals surface area contributed by atoms with Crippen LogP contribution in [0.3, 0.4) is 0 Å². The number of unbranched alkanes of at least 4 members (excludes halogenated alkanes) is 1. The molecule has 0 amide bonds. The fourth-order valence-corrected chi connectivity index (χ4v) is 2.02. The minimum absolute atomic E-state index is 0.954. The highest BCUT2D eigenvalue weighted by atomic mass is 14.2. The molecule has 2 atom stereocenters. The van der Waals surface area contributed by atoms with Crippen LogP contribution in [-0.4, -0.2) is 0 Å². The predicted molar refractivity (Wildman–Crippen MR) is 103 cm³/mol. The lowest BCUT2D eigenvalue weighted by Gasteiger charge is -2.21. The van der Waals surface area contributed by atoms with Gasteiger partial charge in [0, 0.05) is 0 Å². The summed E-state index contributed by atoms with van der Waals surface area (Å²) in [6.07, 6.45) is 8.37. The standard InChI is InChI=1S/C12H26.4C2H6/c1-5-8-10-11(4)12(7-3)9-6-2;4*1-2/h11-12H,5-10H2,1-4H3;4*1-2H3. The largest absolute Gasteiger partial charge is 0.0683 e. The first-order valence-corrected chi connectivity index (χ1v) is 9.76. The van der Waals surface area contributed by atoms with Crippen LogP contribution in [0.5, 0.6) is 0 Å². The lowest BCUT2D eigenvalue weighted by Crippen LogP contribution is -2.10. The van der Waals surface area contributed by atoms with E-state index in [1.54, 1.807) is 0 Å². The molecule has 0 aliphatic heterocycles. The van der Waals surface area contributed by atoms with Crippen molar-refractivity contribution in [1.29, 1.82) is 0 Å². The Hall–Kier alpha value is 0. The van der Waals surface area contributed by atoms with Gasteiger partial charge >= 0.3 is 0 Å². The molecule has 20 heavy (non-hydrogen) atoms. The minimum atomic E-state index is 0.954. The molecule has 0 radical (unpaired) electrons. The highest BCUT2D eigenvalue weighted by Crippen LogP contribution is 2.25. The van der Waals surface area contributed by atoms with Crippen molar-refractivity contribution >= 4 is 0 Å². The monoisotopic (exact) mass is 290 g/mol. The summed E-state index contributed by atoms with van der Waals surface area (Å²) in [4.78, 5) is 0. The van der Waals surface area contributed by atoms with E-state index in [1.165, 1.54) is 38.5 Å². The summed E-state index contributed by atoms with van der Waals surface area (Å²) in [5.41, 5.74) is 0. The summed E-state index contributed by atoms with van der Waals surface area (Å²) >= 11 is 0. The van der Waals surface area contributed by atoms with E-state index in [9.17, 15) is 0 Å². The molecular weight excluding hydrogens is 240 g/mol. The number of rotatable bonds is 7. The Morgan fingerprint density at radius 1 is 0.600 bits per heavy atom. The summed E-state index contributed by atoms with van der Waals surface area (Å²) in [6.45, 7) is 25.4. The van der Waals surface area contributed by atoms with Gasteiger partial charge in [-0.25, -0.2) is 0 Å². The Balaban J connectivity index is -0.0000000799. The van der Waals surface area contributed by atoms with E-state index in [-0.39, 0.29) is 0 Å². The van der Waals surface area contributed by atoms with E-state index in [0.717, 1.165) is 11.8 Å². The average Bonchev–Trinajstić information content (AvgIpc) is 2.57. The molecule has 0 saturated carbocycles. The topological polar surface area (TPSA) is 0 Å². The maximum absolute atomic E-state index is 2.43. The van der Waals surface area contributed by atoms with Gasteiger partial charge < -0.3 is 0 Å². The molecule has 0 heteroatoms. The molecule has 130 valence electrons. The van der Waals surface area contributed by atoms with Crippen molar-refractivity contribution < 1.29 is 0 Å². The van der Waals surface area contributed by atoms with E-state index in [2.05, 4.69) is 27.7 Å². The highest BCUT2D eigenvalue weighted by molar-refractivity contribution is 4.64. The van der Waals surface area contributed by atoms with Gasteiger partial charge in [0.05, 0.1) is 0 Å². The van der Waals surface area contributed by atoms with Crippen LogP contribution in [0.25, 0.3) is 0 Å². The third-order valence-electron chi connectivity index (χ3n) is 3.00. The molecule has 0 spiro atoms. The van der Waals surface area contributed by atoms with Crippen molar-refractivity contribution in [3.8, 4) is 0 Å². The first-order valence-electron chi connectivity index (χ1n) is 9.76. The van der Waals surface area contributed by atoms with Gasteiger partial charge in [-0.05, 0) is 11.8 Å². The van der Waals surface area contributed by atoms with Crippen molar-refractivity contribution in [1.82, 2.24) is 0 Å². The molecule has 0 aliphatic carbocycles. The zero-order chi connectivity index (χ0) is 17.4. The van der Waals surface area contributed by atoms with Crippen molar-refractivity contribution in [3.05, 3.63) is 0 Å². The van der Waals surface area contributed by atoms with Crippen LogP contribution in [0.4, 0.5) is 0 Å². The van der Waals surface area contributed by atoms with Crippen LogP contribution in [0.2, 0.25) is 0 Å². The zero-order valence-corrected chi connectivity index (χ0v) is 17.4. The third-order valence-corrected chi connectivity index (χ3v) is 3.00. The Bertz CT molecular complexity index is 86.0. The van der Waals surface area contributed by atoms with Crippen LogP contribution in [0.1, 0.15) is 122 Å². The van der Waals surface area contributed by atoms with Gasteiger partial charge in [0.25, 0.3) is 0 Å². The second-order valence-corrected chi connectivity index (χ2v) is 4.08. The maximum Gasteiger partial charge on any atom is -0.0391 e. The Labute approximate surface area is 134 Å². The normalized spacial score (nSPS) is 10.8. The van der Waals surface area contributed by atoms with Crippen LogP contribution in [0.15, 0.2) is 0 Å². The Kier molecular flexibility index (Phi) is 68.6. The quantitative estimate of drug-likeness (QED) is 0.439. The molecule has 0 fully saturated rings. The van der Waals surface area contributed by atoms with Crippen molar-refractivity contribution in [2.75, 3.05) is 0 Å². The number of hydrogen-bond acceptors (Lipinski definition) is 0. The fourth-order valence-electron chi connectivity index (χ4n) is 2.02. The first kappa shape index (κ1) is 32.1. The average molecular weight is 291 g/mol. The molecule has 0 nitrogen and oxygen atoms in total. The van der Waals surface area contributed by atoms with E-state index in [1.807, 2.05) is 55.4 Å².